The molecule has 1 heterocycles. The molecule has 2 aromatic rings. The Hall–Kier alpha value is -1.17. The summed E-state index contributed by atoms with van der Waals surface area (Å²) >= 11 is 7.23. The monoisotopic (exact) mass is 283 g/mol. The van der Waals surface area contributed by atoms with Crippen LogP contribution in [0, 0.1) is 0 Å². The molecule has 0 saturated carbocycles. The van der Waals surface area contributed by atoms with Gasteiger partial charge in [-0.2, -0.15) is 8.75 Å². The molecule has 0 fully saturated rings. The first-order valence-electron chi connectivity index (χ1n) is 5.51. The van der Waals surface area contributed by atoms with Gasteiger partial charge in [-0.25, -0.2) is 0 Å². The summed E-state index contributed by atoms with van der Waals surface area (Å²) in [5.41, 5.74) is 1.99. The minimum absolute atomic E-state index is 0.108. The maximum Gasteiger partial charge on any atom is 0.122 e. The zero-order valence-corrected chi connectivity index (χ0v) is 11.8. The van der Waals surface area contributed by atoms with Crippen molar-refractivity contribution in [1.29, 1.82) is 0 Å². The van der Waals surface area contributed by atoms with Crippen molar-refractivity contribution in [2.75, 3.05) is 14.2 Å². The summed E-state index contributed by atoms with van der Waals surface area (Å²) in [4.78, 5) is 0. The lowest BCUT2D eigenvalue weighted by Gasteiger charge is -2.15. The van der Waals surface area contributed by atoms with E-state index in [1.165, 1.54) is 11.7 Å². The van der Waals surface area contributed by atoms with E-state index in [-0.39, 0.29) is 6.04 Å². The summed E-state index contributed by atoms with van der Waals surface area (Å²) in [5, 5.41) is 3.93. The number of aromatic nitrogens is 2. The third-order valence-electron chi connectivity index (χ3n) is 2.75. The number of halogens is 1. The Labute approximate surface area is 115 Å². The number of benzene rings is 1. The molecule has 1 aromatic heterocycles. The van der Waals surface area contributed by atoms with Crippen LogP contribution in [0.25, 0.3) is 0 Å². The summed E-state index contributed by atoms with van der Waals surface area (Å²) in [5.74, 6) is 0.836. The van der Waals surface area contributed by atoms with Crippen LogP contribution < -0.4 is 10.1 Å². The number of rotatable bonds is 5. The molecule has 18 heavy (non-hydrogen) atoms. The van der Waals surface area contributed by atoms with Gasteiger partial charge in [0, 0.05) is 5.02 Å². The van der Waals surface area contributed by atoms with Crippen molar-refractivity contribution in [2.24, 2.45) is 0 Å². The average molecular weight is 284 g/mol. The van der Waals surface area contributed by atoms with Crippen molar-refractivity contribution in [2.45, 2.75) is 12.5 Å². The topological polar surface area (TPSA) is 47.0 Å². The summed E-state index contributed by atoms with van der Waals surface area (Å²) in [7, 11) is 3.56. The second-order valence-electron chi connectivity index (χ2n) is 3.83. The lowest BCUT2D eigenvalue weighted by molar-refractivity contribution is 0.406. The molecule has 96 valence electrons. The van der Waals surface area contributed by atoms with Crippen LogP contribution in [0.1, 0.15) is 17.3 Å². The van der Waals surface area contributed by atoms with Gasteiger partial charge in [0.1, 0.15) is 5.75 Å². The molecular formula is C12H14ClN3OS. The minimum atomic E-state index is 0.108. The molecule has 1 atom stereocenters. The highest BCUT2D eigenvalue weighted by Gasteiger charge is 2.15. The van der Waals surface area contributed by atoms with Crippen LogP contribution in [-0.2, 0) is 6.42 Å². The molecule has 0 aliphatic rings. The number of methoxy groups -OCH3 is 1. The number of likely N-dealkylation sites (N-methyl/N-ethyl adjacent to an activating group) is 1. The van der Waals surface area contributed by atoms with E-state index in [4.69, 9.17) is 16.3 Å². The molecule has 2 rings (SSSR count). The Bertz CT molecular complexity index is 504. The first-order chi connectivity index (χ1) is 8.74. The molecule has 4 nitrogen and oxygen atoms in total. The lowest BCUT2D eigenvalue weighted by Crippen LogP contribution is -2.19. The van der Waals surface area contributed by atoms with Gasteiger partial charge >= 0.3 is 0 Å². The van der Waals surface area contributed by atoms with Crippen LogP contribution >= 0.6 is 23.3 Å². The Balaban J connectivity index is 2.24. The summed E-state index contributed by atoms with van der Waals surface area (Å²) in [6.07, 6.45) is 2.54. The molecule has 1 aromatic carbocycles. The zero-order chi connectivity index (χ0) is 13.0. The molecule has 1 N–H and O–H groups in total. The molecule has 0 bridgehead atoms. The summed E-state index contributed by atoms with van der Waals surface area (Å²) < 4.78 is 13.6. The molecule has 0 aliphatic heterocycles. The van der Waals surface area contributed by atoms with E-state index in [9.17, 15) is 0 Å². The highest BCUT2D eigenvalue weighted by molar-refractivity contribution is 6.99. The normalized spacial score (nSPS) is 12.4. The quantitative estimate of drug-likeness (QED) is 0.916. The Morgan fingerprint density at radius 2 is 2.33 bits per heavy atom. The molecular weight excluding hydrogens is 270 g/mol. The Kier molecular flexibility index (Phi) is 4.52. The van der Waals surface area contributed by atoms with E-state index in [2.05, 4.69) is 14.1 Å². The number of nitrogens with zero attached hydrogens (tertiary/aromatic N) is 2. The van der Waals surface area contributed by atoms with Gasteiger partial charge in [0.25, 0.3) is 0 Å². The predicted molar refractivity (Wildman–Crippen MR) is 73.4 cm³/mol. The van der Waals surface area contributed by atoms with Gasteiger partial charge in [0.15, 0.2) is 0 Å². The molecule has 0 aliphatic carbocycles. The Morgan fingerprint density at radius 3 is 2.94 bits per heavy atom. The second kappa shape index (κ2) is 6.13. The average Bonchev–Trinajstić information content (AvgIpc) is 2.90. The van der Waals surface area contributed by atoms with Gasteiger partial charge in [-0.15, -0.1) is 0 Å². The van der Waals surface area contributed by atoms with Crippen LogP contribution in [-0.4, -0.2) is 22.9 Å². The highest BCUT2D eigenvalue weighted by atomic mass is 35.5. The maximum absolute atomic E-state index is 6.02. The van der Waals surface area contributed by atoms with E-state index in [1.807, 2.05) is 25.2 Å². The third kappa shape index (κ3) is 2.98. The first-order valence-corrected chi connectivity index (χ1v) is 6.62. The highest BCUT2D eigenvalue weighted by Crippen LogP contribution is 2.27. The number of hydrogen-bond acceptors (Lipinski definition) is 5. The number of nitrogens with one attached hydrogen (secondary N) is 1. The zero-order valence-electron chi connectivity index (χ0n) is 10.2. The molecule has 0 spiro atoms. The smallest absolute Gasteiger partial charge is 0.122 e. The summed E-state index contributed by atoms with van der Waals surface area (Å²) in [6, 6.07) is 5.73. The Morgan fingerprint density at radius 1 is 1.50 bits per heavy atom. The van der Waals surface area contributed by atoms with E-state index >= 15 is 0 Å². The van der Waals surface area contributed by atoms with E-state index < -0.39 is 0 Å². The van der Waals surface area contributed by atoms with Gasteiger partial charge in [0.2, 0.25) is 0 Å². The van der Waals surface area contributed by atoms with Crippen molar-refractivity contribution in [3.8, 4) is 5.75 Å². The SMILES string of the molecule is CNC(Cc1cc(Cl)ccc1OC)c1cnsn1. The van der Waals surface area contributed by atoms with Crippen molar-refractivity contribution >= 4 is 23.3 Å². The van der Waals surface area contributed by atoms with Crippen molar-refractivity contribution in [1.82, 2.24) is 14.1 Å². The van der Waals surface area contributed by atoms with Crippen molar-refractivity contribution < 1.29 is 4.74 Å². The van der Waals surface area contributed by atoms with Gasteiger partial charge in [-0.1, -0.05) is 11.6 Å². The largest absolute Gasteiger partial charge is 0.496 e. The molecule has 1 unspecified atom stereocenters. The van der Waals surface area contributed by atoms with E-state index in [0.29, 0.717) is 5.02 Å². The number of hydrogen-bond donors (Lipinski definition) is 1. The molecule has 6 heteroatoms. The van der Waals surface area contributed by atoms with E-state index in [0.717, 1.165) is 23.4 Å². The van der Waals surface area contributed by atoms with Gasteiger partial charge in [-0.05, 0) is 37.2 Å². The summed E-state index contributed by atoms with van der Waals surface area (Å²) in [6.45, 7) is 0. The van der Waals surface area contributed by atoms with Gasteiger partial charge < -0.3 is 10.1 Å². The van der Waals surface area contributed by atoms with Crippen molar-refractivity contribution in [3.05, 3.63) is 40.7 Å². The van der Waals surface area contributed by atoms with Crippen LogP contribution in [0.2, 0.25) is 5.02 Å². The molecule has 0 amide bonds. The van der Waals surface area contributed by atoms with E-state index in [1.54, 1.807) is 13.3 Å². The fraction of sp³-hybridized carbons (Fsp3) is 0.333. The lowest BCUT2D eigenvalue weighted by atomic mass is 10.0. The van der Waals surface area contributed by atoms with Crippen molar-refractivity contribution in [3.63, 3.8) is 0 Å². The fourth-order valence-electron chi connectivity index (χ4n) is 1.81. The first kappa shape index (κ1) is 13.3. The van der Waals surface area contributed by atoms with Crippen LogP contribution in [0.4, 0.5) is 0 Å². The predicted octanol–water partition coefficient (Wildman–Crippen LogP) is 2.70. The van der Waals surface area contributed by atoms with Gasteiger partial charge in [0.05, 0.1) is 36.8 Å². The number of ether oxygens (including phenoxy) is 1. The fourth-order valence-corrected chi connectivity index (χ4v) is 2.47. The minimum Gasteiger partial charge on any atom is -0.496 e. The van der Waals surface area contributed by atoms with Crippen LogP contribution in [0.15, 0.2) is 24.4 Å². The van der Waals surface area contributed by atoms with Crippen LogP contribution in [0.3, 0.4) is 0 Å². The third-order valence-corrected chi connectivity index (χ3v) is 3.48. The van der Waals surface area contributed by atoms with Crippen LogP contribution in [0.5, 0.6) is 5.75 Å². The maximum atomic E-state index is 6.02. The molecule has 0 radical (unpaired) electrons. The second-order valence-corrected chi connectivity index (χ2v) is 4.83. The van der Waals surface area contributed by atoms with Gasteiger partial charge in [-0.3, -0.25) is 0 Å². The standard InChI is InChI=1S/C12H14ClN3OS/c1-14-10(11-7-15-18-16-11)6-8-5-9(13)3-4-12(8)17-2/h3-5,7,10,14H,6H2,1-2H3. The molecule has 0 saturated heterocycles.